The number of Topliss-reactive ketones (excluding diaryl/α,β-unsaturated/α-hetero) is 1. The first-order valence-electron chi connectivity index (χ1n) is 11.2. The number of furan rings is 1. The largest absolute Gasteiger partial charge is 0.504 e. The third-order valence-electron chi connectivity index (χ3n) is 9.35. The molecule has 6 heteroatoms. The van der Waals surface area contributed by atoms with Crippen LogP contribution in [-0.2, 0) is 9.59 Å². The third kappa shape index (κ3) is 2.13. The van der Waals surface area contributed by atoms with Gasteiger partial charge in [0.25, 0.3) is 0 Å². The Morgan fingerprint density at radius 1 is 1.03 bits per heavy atom. The van der Waals surface area contributed by atoms with E-state index in [4.69, 9.17) is 4.42 Å². The van der Waals surface area contributed by atoms with Crippen LogP contribution in [0.4, 0.5) is 0 Å². The van der Waals surface area contributed by atoms with Gasteiger partial charge in [-0.1, -0.05) is 32.4 Å². The van der Waals surface area contributed by atoms with Gasteiger partial charge < -0.3 is 19.7 Å². The molecule has 0 spiro atoms. The maximum Gasteiger partial charge on any atom is 0.204 e. The molecule has 0 aliphatic heterocycles. The van der Waals surface area contributed by atoms with Crippen molar-refractivity contribution in [1.82, 2.24) is 0 Å². The number of carbonyl (C=O) groups excluding carboxylic acids is 2. The lowest BCUT2D eigenvalue weighted by atomic mass is 9.38. The number of allylic oxidation sites excluding steroid dienone is 4. The average molecular weight is 439 g/mol. The molecule has 3 N–H and O–H groups in total. The molecule has 32 heavy (non-hydrogen) atoms. The van der Waals surface area contributed by atoms with Crippen LogP contribution >= 0.6 is 0 Å². The summed E-state index contributed by atoms with van der Waals surface area (Å²) >= 11 is 0. The highest BCUT2D eigenvalue weighted by Crippen LogP contribution is 2.72. The summed E-state index contributed by atoms with van der Waals surface area (Å²) in [7, 11) is 0. The van der Waals surface area contributed by atoms with Crippen molar-refractivity contribution in [3.05, 3.63) is 53.2 Å². The highest BCUT2D eigenvalue weighted by molar-refractivity contribution is 6.06. The summed E-state index contributed by atoms with van der Waals surface area (Å²) in [5.41, 5.74) is -1.36. The van der Waals surface area contributed by atoms with Crippen molar-refractivity contribution in [3.8, 4) is 0 Å². The predicted octanol–water partition coefficient (Wildman–Crippen LogP) is 3.76. The Hall–Kier alpha value is -2.44. The van der Waals surface area contributed by atoms with Crippen molar-refractivity contribution in [1.29, 1.82) is 0 Å². The van der Waals surface area contributed by atoms with Crippen LogP contribution in [0.5, 0.6) is 0 Å². The van der Waals surface area contributed by atoms with Gasteiger partial charge in [-0.25, -0.2) is 0 Å². The molecule has 1 heterocycles. The zero-order valence-corrected chi connectivity index (χ0v) is 19.1. The van der Waals surface area contributed by atoms with E-state index in [0.717, 1.165) is 16.7 Å². The molecule has 1 fully saturated rings. The molecular formula is C26H30O6. The Kier molecular flexibility index (Phi) is 4.09. The number of carbonyl (C=O) groups is 2. The number of rotatable bonds is 1. The Bertz CT molecular complexity index is 1140. The Morgan fingerprint density at radius 2 is 1.72 bits per heavy atom. The van der Waals surface area contributed by atoms with E-state index in [9.17, 15) is 24.9 Å². The smallest absolute Gasteiger partial charge is 0.204 e. The molecule has 1 aromatic rings. The van der Waals surface area contributed by atoms with E-state index in [0.29, 0.717) is 18.4 Å². The van der Waals surface area contributed by atoms with Crippen LogP contribution in [0.15, 0.2) is 52.1 Å². The molecule has 1 unspecified atom stereocenters. The molecule has 0 saturated heterocycles. The third-order valence-corrected chi connectivity index (χ3v) is 9.35. The van der Waals surface area contributed by atoms with E-state index in [1.807, 2.05) is 19.9 Å². The molecule has 170 valence electrons. The van der Waals surface area contributed by atoms with Gasteiger partial charge >= 0.3 is 0 Å². The molecule has 4 aliphatic rings. The van der Waals surface area contributed by atoms with Gasteiger partial charge in [-0.2, -0.15) is 0 Å². The maximum atomic E-state index is 14.0. The van der Waals surface area contributed by atoms with E-state index in [-0.39, 0.29) is 5.78 Å². The van der Waals surface area contributed by atoms with Crippen molar-refractivity contribution < 1.29 is 29.3 Å². The van der Waals surface area contributed by atoms with Crippen molar-refractivity contribution >= 4 is 17.1 Å². The van der Waals surface area contributed by atoms with E-state index < -0.39 is 51.3 Å². The molecule has 6 nitrogen and oxygen atoms in total. The molecule has 0 radical (unpaired) electrons. The lowest BCUT2D eigenvalue weighted by Crippen LogP contribution is -2.67. The minimum absolute atomic E-state index is 0.187. The van der Waals surface area contributed by atoms with Crippen LogP contribution in [0.25, 0.3) is 5.57 Å². The molecule has 6 atom stereocenters. The monoisotopic (exact) mass is 438 g/mol. The van der Waals surface area contributed by atoms with Crippen molar-refractivity contribution in [2.24, 2.45) is 27.6 Å². The van der Waals surface area contributed by atoms with Crippen LogP contribution in [0, 0.1) is 27.6 Å². The van der Waals surface area contributed by atoms with Crippen LogP contribution < -0.4 is 0 Å². The Morgan fingerprint density at radius 3 is 2.34 bits per heavy atom. The quantitative estimate of drug-likeness (QED) is 0.616. The van der Waals surface area contributed by atoms with Crippen molar-refractivity contribution in [3.63, 3.8) is 0 Å². The first-order valence-corrected chi connectivity index (χ1v) is 11.2. The lowest BCUT2D eigenvalue weighted by Gasteiger charge is -2.64. The van der Waals surface area contributed by atoms with Gasteiger partial charge in [0.15, 0.2) is 11.5 Å². The molecule has 1 saturated carbocycles. The van der Waals surface area contributed by atoms with E-state index in [1.165, 1.54) is 6.08 Å². The summed E-state index contributed by atoms with van der Waals surface area (Å²) in [6.45, 7) is 8.95. The van der Waals surface area contributed by atoms with Gasteiger partial charge in [0.05, 0.1) is 35.6 Å². The van der Waals surface area contributed by atoms with Gasteiger partial charge in [-0.3, -0.25) is 9.59 Å². The molecule has 0 aromatic carbocycles. The fourth-order valence-corrected chi connectivity index (χ4v) is 7.68. The lowest BCUT2D eigenvalue weighted by molar-refractivity contribution is -0.174. The minimum Gasteiger partial charge on any atom is -0.504 e. The topological polar surface area (TPSA) is 108 Å². The fraction of sp³-hybridized carbons (Fsp3) is 0.538. The van der Waals surface area contributed by atoms with Gasteiger partial charge in [0.2, 0.25) is 5.78 Å². The standard InChI is InChI=1S/C26H30O6/c1-23(2)17(28)6-8-24(3)20-16(27)11-15-14(13-7-9-32-12-13)10-18(29)25(15,4)26(20,5)22(31)19(30)21(23)24/h6-9,12,16,18,20,27,29-30H,10-11H2,1-5H3/t16-,18+,20?,24+,25-,26-/m0/s1. The van der Waals surface area contributed by atoms with Gasteiger partial charge in [-0.05, 0) is 50.0 Å². The Labute approximate surface area is 187 Å². The number of aliphatic hydroxyl groups is 3. The van der Waals surface area contributed by atoms with Crippen LogP contribution in [0.2, 0.25) is 0 Å². The van der Waals surface area contributed by atoms with Crippen molar-refractivity contribution in [2.45, 2.75) is 59.7 Å². The minimum atomic E-state index is -1.28. The van der Waals surface area contributed by atoms with E-state index in [1.54, 1.807) is 39.4 Å². The maximum absolute atomic E-state index is 14.0. The van der Waals surface area contributed by atoms with Crippen LogP contribution in [-0.4, -0.2) is 39.1 Å². The molecule has 5 rings (SSSR count). The second-order valence-electron chi connectivity index (χ2n) is 11.0. The summed E-state index contributed by atoms with van der Waals surface area (Å²) < 4.78 is 5.26. The number of aliphatic hydroxyl groups excluding tert-OH is 3. The first kappa shape index (κ1) is 21.4. The Balaban J connectivity index is 1.82. The zero-order valence-electron chi connectivity index (χ0n) is 19.1. The number of hydrogen-bond donors (Lipinski definition) is 3. The summed E-state index contributed by atoms with van der Waals surface area (Å²) in [6, 6.07) is 1.82. The van der Waals surface area contributed by atoms with Gasteiger partial charge in [0.1, 0.15) is 0 Å². The molecular weight excluding hydrogens is 408 g/mol. The molecule has 1 aromatic heterocycles. The molecule has 0 amide bonds. The summed E-state index contributed by atoms with van der Waals surface area (Å²) in [5, 5.41) is 34.3. The van der Waals surface area contributed by atoms with Crippen LogP contribution in [0.3, 0.4) is 0 Å². The van der Waals surface area contributed by atoms with E-state index >= 15 is 0 Å². The molecule has 0 bridgehead atoms. The average Bonchev–Trinajstić information content (AvgIpc) is 3.32. The number of ketones is 2. The van der Waals surface area contributed by atoms with Crippen molar-refractivity contribution in [2.75, 3.05) is 0 Å². The zero-order chi connectivity index (χ0) is 23.4. The second kappa shape index (κ2) is 6.12. The summed E-state index contributed by atoms with van der Waals surface area (Å²) in [5.74, 6) is -1.73. The molecule has 4 aliphatic carbocycles. The number of fused-ring (bicyclic) bond motifs is 5. The normalized spacial score (nSPS) is 42.8. The highest BCUT2D eigenvalue weighted by atomic mass is 16.3. The first-order chi connectivity index (χ1) is 14.8. The van der Waals surface area contributed by atoms with Crippen LogP contribution in [0.1, 0.15) is 53.0 Å². The summed E-state index contributed by atoms with van der Waals surface area (Å²) in [4.78, 5) is 26.7. The fourth-order valence-electron chi connectivity index (χ4n) is 7.68. The second-order valence-corrected chi connectivity index (χ2v) is 11.0. The van der Waals surface area contributed by atoms with E-state index in [2.05, 4.69) is 0 Å². The highest BCUT2D eigenvalue weighted by Gasteiger charge is 2.73. The summed E-state index contributed by atoms with van der Waals surface area (Å²) in [6.07, 6.45) is 5.28. The van der Waals surface area contributed by atoms with Gasteiger partial charge in [0, 0.05) is 22.3 Å². The number of hydrogen-bond acceptors (Lipinski definition) is 6. The van der Waals surface area contributed by atoms with Gasteiger partial charge in [-0.15, -0.1) is 0 Å². The SMILES string of the molecule is CC1(C)C(=O)C=C[C@@]2(C)C1=C(O)C(=O)[C@]1(C)C2[C@@H](O)CC2=C(c3ccoc3)C[C@@H](O)[C@]21C. The predicted molar refractivity (Wildman–Crippen MR) is 117 cm³/mol.